The molecule has 0 atom stereocenters. The molecule has 2 amide bonds. The molecular formula is C18H19Cl2N3O2. The molecule has 0 bridgehead atoms. The second kappa shape index (κ2) is 7.20. The molecule has 0 unspecified atom stereocenters. The number of hydrogen-bond acceptors (Lipinski definition) is 3. The van der Waals surface area contributed by atoms with E-state index in [4.69, 9.17) is 23.2 Å². The molecule has 3 rings (SSSR count). The Morgan fingerprint density at radius 2 is 1.72 bits per heavy atom. The second-order valence-corrected chi connectivity index (χ2v) is 7.09. The predicted molar refractivity (Wildman–Crippen MR) is 99.2 cm³/mol. The highest BCUT2D eigenvalue weighted by Gasteiger charge is 2.35. The molecule has 1 aromatic carbocycles. The van der Waals surface area contributed by atoms with Crippen LogP contribution in [0.15, 0.2) is 36.4 Å². The number of rotatable bonds is 2. The van der Waals surface area contributed by atoms with Crippen molar-refractivity contribution in [2.75, 3.05) is 18.4 Å². The number of benzene rings is 1. The number of pyridine rings is 1. The molecule has 0 aliphatic carbocycles. The first kappa shape index (κ1) is 18.0. The van der Waals surface area contributed by atoms with E-state index < -0.39 is 5.60 Å². The quantitative estimate of drug-likeness (QED) is 0.767. The Morgan fingerprint density at radius 3 is 2.28 bits per heavy atom. The maximum absolute atomic E-state index is 12.4. The normalized spacial score (nSPS) is 16.6. The molecule has 132 valence electrons. The number of carbonyl (C=O) groups excluding carboxylic acids is 1. The van der Waals surface area contributed by atoms with Gasteiger partial charge in [0, 0.05) is 18.8 Å². The molecule has 2 heterocycles. The van der Waals surface area contributed by atoms with Gasteiger partial charge >= 0.3 is 6.03 Å². The van der Waals surface area contributed by atoms with E-state index in [0.29, 0.717) is 31.6 Å². The number of likely N-dealkylation sites (tertiary alicyclic amines) is 1. The number of nitrogens with zero attached hydrogens (tertiary/aromatic N) is 2. The van der Waals surface area contributed by atoms with Gasteiger partial charge in [-0.15, -0.1) is 0 Å². The number of carbonyl (C=O) groups is 1. The first-order chi connectivity index (χ1) is 11.9. The van der Waals surface area contributed by atoms with E-state index >= 15 is 0 Å². The maximum atomic E-state index is 12.4. The number of halogens is 2. The van der Waals surface area contributed by atoms with Crippen molar-refractivity contribution in [2.24, 2.45) is 0 Å². The van der Waals surface area contributed by atoms with E-state index in [1.165, 1.54) is 12.1 Å². The van der Waals surface area contributed by atoms with Crippen LogP contribution in [0.3, 0.4) is 0 Å². The summed E-state index contributed by atoms with van der Waals surface area (Å²) in [6.45, 7) is 2.93. The Balaban J connectivity index is 1.63. The Bertz CT molecular complexity index is 752. The summed E-state index contributed by atoms with van der Waals surface area (Å²) in [6.07, 6.45) is 0.975. The van der Waals surface area contributed by atoms with Crippen molar-refractivity contribution < 1.29 is 9.90 Å². The van der Waals surface area contributed by atoms with E-state index in [1.54, 1.807) is 4.90 Å². The van der Waals surface area contributed by atoms with Crippen LogP contribution in [0.2, 0.25) is 10.3 Å². The summed E-state index contributed by atoms with van der Waals surface area (Å²) < 4.78 is 0. The number of aryl methyl sites for hydroxylation is 1. The molecule has 0 spiro atoms. The van der Waals surface area contributed by atoms with Crippen LogP contribution in [0.5, 0.6) is 0 Å². The molecule has 1 saturated heterocycles. The summed E-state index contributed by atoms with van der Waals surface area (Å²) >= 11 is 11.7. The minimum Gasteiger partial charge on any atom is -0.385 e. The van der Waals surface area contributed by atoms with Crippen LogP contribution >= 0.6 is 23.2 Å². The molecule has 1 fully saturated rings. The molecule has 0 saturated carbocycles. The van der Waals surface area contributed by atoms with E-state index in [2.05, 4.69) is 10.3 Å². The molecular weight excluding hydrogens is 361 g/mol. The van der Waals surface area contributed by atoms with Gasteiger partial charge in [-0.1, -0.05) is 53.0 Å². The van der Waals surface area contributed by atoms with Crippen LogP contribution in [-0.4, -0.2) is 34.1 Å². The lowest BCUT2D eigenvalue weighted by Crippen LogP contribution is -2.46. The maximum Gasteiger partial charge on any atom is 0.321 e. The Morgan fingerprint density at radius 1 is 1.16 bits per heavy atom. The molecule has 25 heavy (non-hydrogen) atoms. The van der Waals surface area contributed by atoms with Crippen LogP contribution < -0.4 is 5.32 Å². The molecule has 1 aliphatic rings. The zero-order chi connectivity index (χ0) is 18.0. The number of hydrogen-bond donors (Lipinski definition) is 2. The topological polar surface area (TPSA) is 65.5 Å². The zero-order valence-electron chi connectivity index (χ0n) is 13.8. The Kier molecular flexibility index (Phi) is 5.18. The summed E-state index contributed by atoms with van der Waals surface area (Å²) in [5.41, 5.74) is 1.65. The van der Waals surface area contributed by atoms with Gasteiger partial charge in [0.05, 0.1) is 5.60 Å². The third-order valence-corrected chi connectivity index (χ3v) is 4.87. The molecule has 1 aliphatic heterocycles. The Labute approximate surface area is 156 Å². The number of anilines is 1. The van der Waals surface area contributed by atoms with Gasteiger partial charge in [0.25, 0.3) is 0 Å². The van der Waals surface area contributed by atoms with Gasteiger partial charge < -0.3 is 15.3 Å². The third kappa shape index (κ3) is 4.24. The monoisotopic (exact) mass is 379 g/mol. The average Bonchev–Trinajstić information content (AvgIpc) is 2.55. The van der Waals surface area contributed by atoms with Gasteiger partial charge in [-0.25, -0.2) is 9.78 Å². The second-order valence-electron chi connectivity index (χ2n) is 6.32. The SMILES string of the molecule is Cc1ccc(C2(O)CCN(C(=O)Nc3cc(Cl)nc(Cl)c3)CC2)cc1. The molecule has 2 N–H and O–H groups in total. The molecule has 1 aromatic heterocycles. The summed E-state index contributed by atoms with van der Waals surface area (Å²) in [5, 5.41) is 14.1. The van der Waals surface area contributed by atoms with Crippen molar-refractivity contribution in [3.63, 3.8) is 0 Å². The fourth-order valence-corrected chi connectivity index (χ4v) is 3.43. The van der Waals surface area contributed by atoms with Crippen LogP contribution in [0.1, 0.15) is 24.0 Å². The van der Waals surface area contributed by atoms with Crippen LogP contribution in [-0.2, 0) is 5.60 Å². The van der Waals surface area contributed by atoms with E-state index in [0.717, 1.165) is 11.1 Å². The largest absolute Gasteiger partial charge is 0.385 e. The number of aromatic nitrogens is 1. The fraction of sp³-hybridized carbons (Fsp3) is 0.333. The summed E-state index contributed by atoms with van der Waals surface area (Å²) in [7, 11) is 0. The van der Waals surface area contributed by atoms with Crippen molar-refractivity contribution in [3.8, 4) is 0 Å². The minimum absolute atomic E-state index is 0.218. The number of amides is 2. The Hall–Kier alpha value is -1.82. The van der Waals surface area contributed by atoms with Gasteiger partial charge in [-0.3, -0.25) is 0 Å². The standard InChI is InChI=1S/C18H19Cl2N3O2/c1-12-2-4-13(5-3-12)18(25)6-8-23(9-7-18)17(24)21-14-10-15(19)22-16(20)11-14/h2-5,10-11,25H,6-9H2,1H3,(H,21,22,24). The van der Waals surface area contributed by atoms with E-state index in [1.807, 2.05) is 31.2 Å². The minimum atomic E-state index is -0.895. The van der Waals surface area contributed by atoms with Gasteiger partial charge in [-0.05, 0) is 37.5 Å². The summed E-state index contributed by atoms with van der Waals surface area (Å²) in [6, 6.07) is 10.7. The highest BCUT2D eigenvalue weighted by molar-refractivity contribution is 6.32. The predicted octanol–water partition coefficient (Wildman–Crippen LogP) is 4.21. The summed E-state index contributed by atoms with van der Waals surface area (Å²) in [4.78, 5) is 17.9. The van der Waals surface area contributed by atoms with Crippen LogP contribution in [0.25, 0.3) is 0 Å². The number of aliphatic hydroxyl groups is 1. The molecule has 7 heteroatoms. The van der Waals surface area contributed by atoms with Gasteiger partial charge in [-0.2, -0.15) is 0 Å². The van der Waals surface area contributed by atoms with Gasteiger partial charge in [0.15, 0.2) is 0 Å². The number of urea groups is 1. The van der Waals surface area contributed by atoms with Crippen molar-refractivity contribution in [3.05, 3.63) is 57.8 Å². The van der Waals surface area contributed by atoms with Crippen molar-refractivity contribution in [1.82, 2.24) is 9.88 Å². The van der Waals surface area contributed by atoms with Gasteiger partial charge in [0.2, 0.25) is 0 Å². The van der Waals surface area contributed by atoms with E-state index in [-0.39, 0.29) is 16.3 Å². The lowest BCUT2D eigenvalue weighted by atomic mass is 9.84. The number of nitrogens with one attached hydrogen (secondary N) is 1. The van der Waals surface area contributed by atoms with Gasteiger partial charge in [0.1, 0.15) is 10.3 Å². The molecule has 0 radical (unpaired) electrons. The molecule has 2 aromatic rings. The molecule has 5 nitrogen and oxygen atoms in total. The van der Waals surface area contributed by atoms with Crippen LogP contribution in [0.4, 0.5) is 10.5 Å². The lowest BCUT2D eigenvalue weighted by molar-refractivity contribution is -0.0157. The third-order valence-electron chi connectivity index (χ3n) is 4.48. The van der Waals surface area contributed by atoms with Crippen molar-refractivity contribution in [2.45, 2.75) is 25.4 Å². The highest BCUT2D eigenvalue weighted by Crippen LogP contribution is 2.33. The lowest BCUT2D eigenvalue weighted by Gasteiger charge is -2.38. The first-order valence-electron chi connectivity index (χ1n) is 8.04. The number of piperidine rings is 1. The highest BCUT2D eigenvalue weighted by atomic mass is 35.5. The van der Waals surface area contributed by atoms with Crippen LogP contribution in [0, 0.1) is 6.92 Å². The first-order valence-corrected chi connectivity index (χ1v) is 8.80. The average molecular weight is 380 g/mol. The zero-order valence-corrected chi connectivity index (χ0v) is 15.3. The van der Waals surface area contributed by atoms with Crippen molar-refractivity contribution in [1.29, 1.82) is 0 Å². The smallest absolute Gasteiger partial charge is 0.321 e. The summed E-state index contributed by atoms with van der Waals surface area (Å²) in [5.74, 6) is 0. The van der Waals surface area contributed by atoms with Crippen molar-refractivity contribution >= 4 is 34.9 Å². The van der Waals surface area contributed by atoms with E-state index in [9.17, 15) is 9.90 Å². The fourth-order valence-electron chi connectivity index (χ4n) is 2.97.